The molecule has 2 aromatic heterocycles. The molecule has 0 bridgehead atoms. The number of aryl methyl sites for hydroxylation is 2. The van der Waals surface area contributed by atoms with Crippen LogP contribution in [0.25, 0.3) is 0 Å². The minimum atomic E-state index is -1.14. The van der Waals surface area contributed by atoms with E-state index in [-0.39, 0.29) is 11.4 Å². The second-order valence-corrected chi connectivity index (χ2v) is 4.95. The van der Waals surface area contributed by atoms with Crippen LogP contribution in [0.15, 0.2) is 16.7 Å². The van der Waals surface area contributed by atoms with E-state index in [1.165, 1.54) is 6.20 Å². The Balaban J connectivity index is 2.48. The Morgan fingerprint density at radius 3 is 2.68 bits per heavy atom. The monoisotopic (exact) mass is 325 g/mol. The molecule has 0 saturated carbocycles. The summed E-state index contributed by atoms with van der Waals surface area (Å²) in [5.41, 5.74) is 1.37. The molecule has 2 aromatic rings. The normalized spacial score (nSPS) is 10.5. The fourth-order valence-corrected chi connectivity index (χ4v) is 1.98. The van der Waals surface area contributed by atoms with E-state index < -0.39 is 5.97 Å². The van der Waals surface area contributed by atoms with Gasteiger partial charge in [-0.2, -0.15) is 5.10 Å². The molecule has 100 valence electrons. The number of hydrogen-bond acceptors (Lipinski definition) is 4. The smallest absolute Gasteiger partial charge is 0.358 e. The number of pyridine rings is 1. The first-order valence-corrected chi connectivity index (χ1v) is 6.26. The fourth-order valence-electron chi connectivity index (χ4n) is 1.67. The van der Waals surface area contributed by atoms with Crippen LogP contribution in [-0.2, 0) is 7.05 Å². The van der Waals surface area contributed by atoms with Gasteiger partial charge in [-0.25, -0.2) is 9.78 Å². The van der Waals surface area contributed by atoms with Crippen LogP contribution in [0.4, 0.5) is 0 Å². The summed E-state index contributed by atoms with van der Waals surface area (Å²) in [5.74, 6) is -0.410. The highest BCUT2D eigenvalue weighted by molar-refractivity contribution is 9.10. The van der Waals surface area contributed by atoms with Crippen molar-refractivity contribution in [1.29, 1.82) is 0 Å². The largest absolute Gasteiger partial charge is 0.476 e. The predicted molar refractivity (Wildman–Crippen MR) is 71.7 cm³/mol. The summed E-state index contributed by atoms with van der Waals surface area (Å²) in [6.07, 6.45) is 1.42. The van der Waals surface area contributed by atoms with Gasteiger partial charge < -0.3 is 9.84 Å². The van der Waals surface area contributed by atoms with Crippen molar-refractivity contribution in [2.24, 2.45) is 7.05 Å². The lowest BCUT2D eigenvalue weighted by molar-refractivity contribution is 0.0687. The molecule has 0 fully saturated rings. The highest BCUT2D eigenvalue weighted by atomic mass is 79.9. The van der Waals surface area contributed by atoms with Gasteiger partial charge in [0.2, 0.25) is 0 Å². The number of carboxylic acid groups (broad SMARTS) is 1. The van der Waals surface area contributed by atoms with Gasteiger partial charge in [-0.15, -0.1) is 0 Å². The number of carbonyl (C=O) groups is 1. The lowest BCUT2D eigenvalue weighted by Crippen LogP contribution is -2.03. The zero-order valence-electron chi connectivity index (χ0n) is 10.6. The van der Waals surface area contributed by atoms with Crippen LogP contribution in [0, 0.1) is 13.8 Å². The first-order chi connectivity index (χ1) is 8.90. The highest BCUT2D eigenvalue weighted by Crippen LogP contribution is 2.31. The summed E-state index contributed by atoms with van der Waals surface area (Å²) in [4.78, 5) is 15.0. The molecule has 0 aliphatic carbocycles. The number of aromatic nitrogens is 3. The van der Waals surface area contributed by atoms with Gasteiger partial charge in [0.05, 0.1) is 5.69 Å². The Labute approximate surface area is 118 Å². The maximum absolute atomic E-state index is 11.1. The SMILES string of the molecule is Cc1nn(C)c(C)c1Oc1cc(Br)cnc1C(=O)O. The van der Waals surface area contributed by atoms with E-state index in [1.807, 2.05) is 6.92 Å². The van der Waals surface area contributed by atoms with Gasteiger partial charge in [-0.1, -0.05) is 0 Å². The van der Waals surface area contributed by atoms with Crippen LogP contribution in [0.2, 0.25) is 0 Å². The molecule has 0 unspecified atom stereocenters. The van der Waals surface area contributed by atoms with E-state index in [0.717, 1.165) is 5.69 Å². The summed E-state index contributed by atoms with van der Waals surface area (Å²) in [6.45, 7) is 3.65. The molecule has 0 spiro atoms. The Kier molecular flexibility index (Phi) is 3.57. The summed E-state index contributed by atoms with van der Waals surface area (Å²) in [5, 5.41) is 13.3. The van der Waals surface area contributed by atoms with Crippen molar-refractivity contribution in [1.82, 2.24) is 14.8 Å². The van der Waals surface area contributed by atoms with Crippen molar-refractivity contribution >= 4 is 21.9 Å². The molecule has 0 radical (unpaired) electrons. The molecule has 0 aliphatic heterocycles. The van der Waals surface area contributed by atoms with Gasteiger partial charge in [0.15, 0.2) is 17.2 Å². The number of ether oxygens (including phenoxy) is 1. The van der Waals surface area contributed by atoms with Crippen molar-refractivity contribution in [3.05, 3.63) is 33.8 Å². The van der Waals surface area contributed by atoms with Crippen molar-refractivity contribution in [3.8, 4) is 11.5 Å². The fraction of sp³-hybridized carbons (Fsp3) is 0.250. The van der Waals surface area contributed by atoms with Crippen LogP contribution in [0.1, 0.15) is 21.9 Å². The molecule has 0 aliphatic rings. The van der Waals surface area contributed by atoms with Gasteiger partial charge in [-0.3, -0.25) is 4.68 Å². The van der Waals surface area contributed by atoms with Gasteiger partial charge in [0, 0.05) is 17.7 Å². The minimum Gasteiger partial charge on any atom is -0.476 e. The third-order valence-corrected chi connectivity index (χ3v) is 3.11. The molecule has 19 heavy (non-hydrogen) atoms. The number of nitrogens with zero attached hydrogens (tertiary/aromatic N) is 3. The molecule has 1 N–H and O–H groups in total. The molecule has 2 rings (SSSR count). The quantitative estimate of drug-likeness (QED) is 0.938. The number of carboxylic acids is 1. The summed E-state index contributed by atoms with van der Waals surface area (Å²) in [7, 11) is 1.80. The Morgan fingerprint density at radius 2 is 2.16 bits per heavy atom. The van der Waals surface area contributed by atoms with Gasteiger partial charge in [0.25, 0.3) is 0 Å². The van der Waals surface area contributed by atoms with E-state index in [9.17, 15) is 4.79 Å². The number of rotatable bonds is 3. The topological polar surface area (TPSA) is 77.2 Å². The molecule has 0 amide bonds. The maximum atomic E-state index is 11.1. The second-order valence-electron chi connectivity index (χ2n) is 4.03. The summed E-state index contributed by atoms with van der Waals surface area (Å²) < 4.78 is 8.00. The van der Waals surface area contributed by atoms with Crippen LogP contribution in [-0.4, -0.2) is 25.8 Å². The van der Waals surface area contributed by atoms with E-state index in [4.69, 9.17) is 9.84 Å². The predicted octanol–water partition coefficient (Wildman–Crippen LogP) is 2.68. The minimum absolute atomic E-state index is 0.133. The average Bonchev–Trinajstić information content (AvgIpc) is 2.56. The van der Waals surface area contributed by atoms with Gasteiger partial charge in [0.1, 0.15) is 5.69 Å². The van der Waals surface area contributed by atoms with Crippen LogP contribution in [0.3, 0.4) is 0 Å². The van der Waals surface area contributed by atoms with E-state index in [2.05, 4.69) is 26.0 Å². The molecule has 6 nitrogen and oxygen atoms in total. The molecule has 0 saturated heterocycles. The van der Waals surface area contributed by atoms with Crippen LogP contribution < -0.4 is 4.74 Å². The second kappa shape index (κ2) is 5.00. The zero-order valence-corrected chi connectivity index (χ0v) is 12.2. The Bertz CT molecular complexity index is 652. The summed E-state index contributed by atoms with van der Waals surface area (Å²) in [6, 6.07) is 1.57. The molecule has 7 heteroatoms. The van der Waals surface area contributed by atoms with Crippen LogP contribution in [0.5, 0.6) is 11.5 Å². The lowest BCUT2D eigenvalue weighted by atomic mass is 10.3. The molecule has 0 atom stereocenters. The van der Waals surface area contributed by atoms with Crippen molar-refractivity contribution < 1.29 is 14.6 Å². The molecule has 0 aromatic carbocycles. The van der Waals surface area contributed by atoms with E-state index in [0.29, 0.717) is 15.9 Å². The molecular weight excluding hydrogens is 314 g/mol. The molecular formula is C12H12BrN3O3. The average molecular weight is 326 g/mol. The molecule has 2 heterocycles. The van der Waals surface area contributed by atoms with Gasteiger partial charge >= 0.3 is 5.97 Å². The van der Waals surface area contributed by atoms with Crippen molar-refractivity contribution in [2.75, 3.05) is 0 Å². The van der Waals surface area contributed by atoms with Crippen LogP contribution >= 0.6 is 15.9 Å². The highest BCUT2D eigenvalue weighted by Gasteiger charge is 2.18. The third kappa shape index (κ3) is 2.60. The third-order valence-electron chi connectivity index (χ3n) is 2.68. The standard InChI is InChI=1S/C12H12BrN3O3/c1-6-11(7(2)16(3)15-6)19-9-4-8(13)5-14-10(9)12(17)18/h4-5H,1-3H3,(H,17,18). The number of aromatic carboxylic acids is 1. The summed E-state index contributed by atoms with van der Waals surface area (Å²) >= 11 is 3.24. The number of hydrogen-bond donors (Lipinski definition) is 1. The van der Waals surface area contributed by atoms with Crippen molar-refractivity contribution in [2.45, 2.75) is 13.8 Å². The Morgan fingerprint density at radius 1 is 1.47 bits per heavy atom. The zero-order chi connectivity index (χ0) is 14.2. The van der Waals surface area contributed by atoms with Gasteiger partial charge in [-0.05, 0) is 35.8 Å². The van der Waals surface area contributed by atoms with E-state index >= 15 is 0 Å². The Hall–Kier alpha value is -1.89. The lowest BCUT2D eigenvalue weighted by Gasteiger charge is -2.08. The van der Waals surface area contributed by atoms with Crippen molar-refractivity contribution in [3.63, 3.8) is 0 Å². The first kappa shape index (κ1) is 13.5. The number of halogens is 1. The van der Waals surface area contributed by atoms with E-state index in [1.54, 1.807) is 24.7 Å². The maximum Gasteiger partial charge on any atom is 0.358 e. The first-order valence-electron chi connectivity index (χ1n) is 5.47.